The van der Waals surface area contributed by atoms with E-state index >= 15 is 0 Å². The number of rotatable bonds is 2. The number of ether oxygens (including phenoxy) is 1. The van der Waals surface area contributed by atoms with E-state index in [-0.39, 0.29) is 17.7 Å². The summed E-state index contributed by atoms with van der Waals surface area (Å²) in [5.41, 5.74) is -0.00123. The standard InChI is InChI=1S/C20H23F3N4O2/c1-12-9-13(20(21,22)23)10-16(28)19(12)14-3-4-18(25-24-14)27-7-8-29-17-5-6-26(2)11-15(17)27/h3-4,9-10,15,17,28H,5-8,11H2,1-2H3/t15-,17+/m0/s1. The van der Waals surface area contributed by atoms with E-state index in [1.807, 2.05) is 0 Å². The number of fused-ring (bicyclic) bond motifs is 1. The molecular weight excluding hydrogens is 385 g/mol. The van der Waals surface area contributed by atoms with Gasteiger partial charge in [-0.3, -0.25) is 0 Å². The van der Waals surface area contributed by atoms with Gasteiger partial charge in [0.2, 0.25) is 0 Å². The topological polar surface area (TPSA) is 61.7 Å². The Morgan fingerprint density at radius 3 is 2.62 bits per heavy atom. The molecular formula is C20H23F3N4O2. The van der Waals surface area contributed by atoms with E-state index in [9.17, 15) is 18.3 Å². The largest absolute Gasteiger partial charge is 0.507 e. The summed E-state index contributed by atoms with van der Waals surface area (Å²) in [6, 6.07) is 5.41. The molecule has 2 aromatic rings. The zero-order valence-electron chi connectivity index (χ0n) is 16.3. The van der Waals surface area contributed by atoms with Gasteiger partial charge in [-0.1, -0.05) is 0 Å². The van der Waals surface area contributed by atoms with Crippen molar-refractivity contribution in [2.24, 2.45) is 0 Å². The second kappa shape index (κ2) is 7.46. The lowest BCUT2D eigenvalue weighted by molar-refractivity contribution is -0.137. The van der Waals surface area contributed by atoms with Gasteiger partial charge < -0.3 is 19.6 Å². The van der Waals surface area contributed by atoms with Gasteiger partial charge in [-0.25, -0.2) is 0 Å². The van der Waals surface area contributed by atoms with Crippen LogP contribution in [0.4, 0.5) is 19.0 Å². The minimum atomic E-state index is -4.52. The predicted octanol–water partition coefficient (Wildman–Crippen LogP) is 3.09. The number of phenolic OH excluding ortho intramolecular Hbond substituents is 1. The number of likely N-dealkylation sites (N-methyl/N-ethyl adjacent to an activating group) is 1. The van der Waals surface area contributed by atoms with Crippen LogP contribution in [0.25, 0.3) is 11.3 Å². The van der Waals surface area contributed by atoms with Gasteiger partial charge in [0.25, 0.3) is 0 Å². The maximum absolute atomic E-state index is 12.9. The number of hydrogen-bond donors (Lipinski definition) is 1. The first-order valence-electron chi connectivity index (χ1n) is 9.56. The summed E-state index contributed by atoms with van der Waals surface area (Å²) in [5, 5.41) is 18.7. The lowest BCUT2D eigenvalue weighted by atomic mass is 9.99. The third-order valence-corrected chi connectivity index (χ3v) is 5.63. The fraction of sp³-hybridized carbons (Fsp3) is 0.500. The van der Waals surface area contributed by atoms with Gasteiger partial charge in [0.15, 0.2) is 5.82 Å². The fourth-order valence-electron chi connectivity index (χ4n) is 4.19. The summed E-state index contributed by atoms with van der Waals surface area (Å²) in [7, 11) is 2.08. The fourth-order valence-corrected chi connectivity index (χ4v) is 4.19. The summed E-state index contributed by atoms with van der Waals surface area (Å²) < 4.78 is 44.7. The molecule has 2 fully saturated rings. The van der Waals surface area contributed by atoms with E-state index < -0.39 is 17.5 Å². The lowest BCUT2D eigenvalue weighted by Crippen LogP contribution is -2.59. The first kappa shape index (κ1) is 19.9. The second-order valence-corrected chi connectivity index (χ2v) is 7.68. The Balaban J connectivity index is 1.61. The molecule has 0 spiro atoms. The summed E-state index contributed by atoms with van der Waals surface area (Å²) in [5.74, 6) is 0.242. The van der Waals surface area contributed by atoms with Crippen LogP contribution < -0.4 is 4.90 Å². The number of piperidine rings is 1. The number of halogens is 3. The Kier molecular flexibility index (Phi) is 5.12. The first-order chi connectivity index (χ1) is 13.7. The number of likely N-dealkylation sites (tertiary alicyclic amines) is 1. The number of benzene rings is 1. The second-order valence-electron chi connectivity index (χ2n) is 7.68. The third kappa shape index (κ3) is 3.89. The van der Waals surface area contributed by atoms with Crippen LogP contribution >= 0.6 is 0 Å². The number of alkyl halides is 3. The third-order valence-electron chi connectivity index (χ3n) is 5.63. The number of aromatic nitrogens is 2. The smallest absolute Gasteiger partial charge is 0.416 e. The van der Waals surface area contributed by atoms with Crippen LogP contribution in [0, 0.1) is 6.92 Å². The van der Waals surface area contributed by atoms with Crippen LogP contribution in [0.3, 0.4) is 0 Å². The van der Waals surface area contributed by atoms with Gasteiger partial charge in [-0.05, 0) is 50.2 Å². The molecule has 0 amide bonds. The SMILES string of the molecule is Cc1cc(C(F)(F)F)cc(O)c1-c1ccc(N2CCO[C@@H]3CCN(C)C[C@@H]32)nn1. The van der Waals surface area contributed by atoms with E-state index in [0.717, 1.165) is 31.6 Å². The Bertz CT molecular complexity index is 865. The Morgan fingerprint density at radius 1 is 1.17 bits per heavy atom. The molecule has 0 bridgehead atoms. The Morgan fingerprint density at radius 2 is 1.97 bits per heavy atom. The van der Waals surface area contributed by atoms with E-state index in [4.69, 9.17) is 4.74 Å². The van der Waals surface area contributed by atoms with E-state index in [0.29, 0.717) is 30.2 Å². The minimum Gasteiger partial charge on any atom is -0.507 e. The molecule has 2 saturated heterocycles. The van der Waals surface area contributed by atoms with Crippen molar-refractivity contribution in [3.05, 3.63) is 35.4 Å². The van der Waals surface area contributed by atoms with Crippen LogP contribution in [0.15, 0.2) is 24.3 Å². The normalized spacial score (nSPS) is 23.1. The molecule has 0 radical (unpaired) electrons. The monoisotopic (exact) mass is 408 g/mol. The van der Waals surface area contributed by atoms with Crippen LogP contribution in [-0.4, -0.2) is 65.6 Å². The minimum absolute atomic E-state index is 0.155. The molecule has 1 aromatic heterocycles. The molecule has 1 aromatic carbocycles. The quantitative estimate of drug-likeness (QED) is 0.824. The van der Waals surface area contributed by atoms with E-state index in [1.54, 1.807) is 12.1 Å². The van der Waals surface area contributed by atoms with Crippen molar-refractivity contribution in [1.82, 2.24) is 15.1 Å². The molecule has 0 aliphatic carbocycles. The highest BCUT2D eigenvalue weighted by molar-refractivity contribution is 5.71. The average Bonchev–Trinajstić information content (AvgIpc) is 2.67. The highest BCUT2D eigenvalue weighted by Crippen LogP contribution is 2.38. The number of hydrogen-bond acceptors (Lipinski definition) is 6. The van der Waals surface area contributed by atoms with Gasteiger partial charge in [0, 0.05) is 25.2 Å². The van der Waals surface area contributed by atoms with Gasteiger partial charge >= 0.3 is 6.18 Å². The maximum Gasteiger partial charge on any atom is 0.416 e. The number of aryl methyl sites for hydroxylation is 1. The summed E-state index contributed by atoms with van der Waals surface area (Å²) in [6.07, 6.45) is -3.40. The molecule has 3 heterocycles. The van der Waals surface area contributed by atoms with Gasteiger partial charge in [0.1, 0.15) is 5.75 Å². The number of morpholine rings is 1. The summed E-state index contributed by atoms with van der Waals surface area (Å²) in [4.78, 5) is 4.44. The molecule has 0 saturated carbocycles. The number of anilines is 1. The summed E-state index contributed by atoms with van der Waals surface area (Å²) in [6.45, 7) is 4.70. The van der Waals surface area contributed by atoms with E-state index in [1.165, 1.54) is 6.92 Å². The van der Waals surface area contributed by atoms with Crippen molar-refractivity contribution < 1.29 is 23.0 Å². The zero-order valence-corrected chi connectivity index (χ0v) is 16.3. The molecule has 4 rings (SSSR count). The molecule has 2 atom stereocenters. The maximum atomic E-state index is 12.9. The van der Waals surface area contributed by atoms with Crippen molar-refractivity contribution in [3.63, 3.8) is 0 Å². The van der Waals surface area contributed by atoms with Gasteiger partial charge in [-0.2, -0.15) is 13.2 Å². The van der Waals surface area contributed by atoms with Crippen molar-refractivity contribution in [2.45, 2.75) is 31.7 Å². The predicted molar refractivity (Wildman–Crippen MR) is 102 cm³/mol. The Labute approximate surface area is 166 Å². The number of phenols is 1. The van der Waals surface area contributed by atoms with Crippen LogP contribution in [0.2, 0.25) is 0 Å². The number of nitrogens with zero attached hydrogens (tertiary/aromatic N) is 4. The molecule has 2 aliphatic heterocycles. The molecule has 156 valence electrons. The van der Waals surface area contributed by atoms with Gasteiger partial charge in [-0.15, -0.1) is 10.2 Å². The molecule has 6 nitrogen and oxygen atoms in total. The highest BCUT2D eigenvalue weighted by atomic mass is 19.4. The molecule has 29 heavy (non-hydrogen) atoms. The molecule has 9 heteroatoms. The highest BCUT2D eigenvalue weighted by Gasteiger charge is 2.37. The Hall–Kier alpha value is -2.39. The van der Waals surface area contributed by atoms with Crippen LogP contribution in [-0.2, 0) is 10.9 Å². The molecule has 2 aliphatic rings. The average molecular weight is 408 g/mol. The van der Waals surface area contributed by atoms with Crippen molar-refractivity contribution in [1.29, 1.82) is 0 Å². The van der Waals surface area contributed by atoms with Crippen molar-refractivity contribution in [2.75, 3.05) is 38.2 Å². The van der Waals surface area contributed by atoms with Crippen LogP contribution in [0.5, 0.6) is 5.75 Å². The molecule has 1 N–H and O–H groups in total. The zero-order chi connectivity index (χ0) is 20.8. The first-order valence-corrected chi connectivity index (χ1v) is 9.56. The van der Waals surface area contributed by atoms with Crippen molar-refractivity contribution in [3.8, 4) is 17.0 Å². The van der Waals surface area contributed by atoms with Crippen LogP contribution in [0.1, 0.15) is 17.5 Å². The summed E-state index contributed by atoms with van der Waals surface area (Å²) >= 11 is 0. The van der Waals surface area contributed by atoms with Crippen molar-refractivity contribution >= 4 is 5.82 Å². The molecule has 0 unspecified atom stereocenters. The van der Waals surface area contributed by atoms with E-state index in [2.05, 4.69) is 27.0 Å². The lowest BCUT2D eigenvalue weighted by Gasteiger charge is -2.46. The number of aromatic hydroxyl groups is 1. The van der Waals surface area contributed by atoms with Gasteiger partial charge in [0.05, 0.1) is 30.0 Å².